The van der Waals surface area contributed by atoms with Gasteiger partial charge in [0, 0.05) is 6.07 Å². The summed E-state index contributed by atoms with van der Waals surface area (Å²) in [5, 5.41) is 2.62. The third-order valence-electron chi connectivity index (χ3n) is 3.16. The first-order chi connectivity index (χ1) is 12.5. The van der Waals surface area contributed by atoms with E-state index in [1.807, 2.05) is 0 Å². The number of hydrogen-bond acceptors (Lipinski definition) is 4. The zero-order chi connectivity index (χ0) is 20.2. The number of halogens is 6. The van der Waals surface area contributed by atoms with Gasteiger partial charge in [0.15, 0.2) is 0 Å². The van der Waals surface area contributed by atoms with Crippen molar-refractivity contribution in [1.29, 1.82) is 0 Å². The molecule has 0 bridgehead atoms. The van der Waals surface area contributed by atoms with E-state index >= 15 is 0 Å². The maximum Gasteiger partial charge on any atom is 0.495 e. The molecule has 0 fully saturated rings. The molecule has 144 valence electrons. The normalized spacial score (nSPS) is 11.8. The van der Waals surface area contributed by atoms with E-state index in [9.17, 15) is 35.9 Å². The average molecular weight is 393 g/mol. The van der Waals surface area contributed by atoms with E-state index in [0.29, 0.717) is 11.8 Å². The van der Waals surface area contributed by atoms with Crippen LogP contribution in [-0.2, 0) is 11.3 Å². The molecule has 0 unspecified atom stereocenters. The Morgan fingerprint density at radius 1 is 0.926 bits per heavy atom. The summed E-state index contributed by atoms with van der Waals surface area (Å²) >= 11 is 0. The number of Topliss-reactive ketones (excluding diaryl/α,β-unsaturated/α-hetero) is 1. The van der Waals surface area contributed by atoms with Crippen molar-refractivity contribution in [3.63, 3.8) is 0 Å². The van der Waals surface area contributed by atoms with Crippen LogP contribution in [0.5, 0.6) is 0 Å². The predicted molar refractivity (Wildman–Crippen MR) is 78.4 cm³/mol. The Balaban J connectivity index is 2.33. The van der Waals surface area contributed by atoms with Gasteiger partial charge < -0.3 is 0 Å². The highest BCUT2D eigenvalue weighted by molar-refractivity contribution is 5.99. The Kier molecular flexibility index (Phi) is 5.72. The van der Waals surface area contributed by atoms with Crippen molar-refractivity contribution in [3.8, 4) is 0 Å². The fourth-order valence-electron chi connectivity index (χ4n) is 1.92. The number of anilines is 1. The van der Waals surface area contributed by atoms with Gasteiger partial charge in [-0.1, -0.05) is 30.3 Å². The molecule has 1 aromatic carbocycles. The number of benzene rings is 1. The van der Waals surface area contributed by atoms with E-state index in [4.69, 9.17) is 0 Å². The quantitative estimate of drug-likeness (QED) is 0.482. The summed E-state index contributed by atoms with van der Waals surface area (Å²) in [5.74, 6) is -5.23. The number of nitrogens with zero attached hydrogens (tertiary/aromatic N) is 1. The van der Waals surface area contributed by atoms with Crippen LogP contribution in [-0.4, -0.2) is 24.1 Å². The average Bonchev–Trinajstić information content (AvgIpc) is 2.59. The third-order valence-corrected chi connectivity index (χ3v) is 3.16. The number of ketones is 1. The molecule has 11 heteroatoms. The predicted octanol–water partition coefficient (Wildman–Crippen LogP) is 2.85. The zero-order valence-corrected chi connectivity index (χ0v) is 13.3. The SMILES string of the molecule is O=C(O[n+]1cc(C(=O)C(F)(F)F)ccc1NCc1ccccc1)C(F)(F)F. The molecule has 0 saturated heterocycles. The van der Waals surface area contributed by atoms with Gasteiger partial charge in [-0.05, 0) is 16.4 Å². The molecule has 2 aromatic rings. The van der Waals surface area contributed by atoms with Gasteiger partial charge in [-0.15, -0.1) is 0 Å². The maximum atomic E-state index is 12.5. The van der Waals surface area contributed by atoms with Crippen LogP contribution in [0.4, 0.5) is 32.2 Å². The monoisotopic (exact) mass is 393 g/mol. The van der Waals surface area contributed by atoms with E-state index in [0.717, 1.165) is 12.1 Å². The van der Waals surface area contributed by atoms with Crippen LogP contribution in [0.3, 0.4) is 0 Å². The van der Waals surface area contributed by atoms with Gasteiger partial charge in [0.05, 0.1) is 5.56 Å². The lowest BCUT2D eigenvalue weighted by atomic mass is 10.2. The van der Waals surface area contributed by atoms with Crippen molar-refractivity contribution < 1.29 is 45.5 Å². The van der Waals surface area contributed by atoms with Gasteiger partial charge in [0.2, 0.25) is 0 Å². The number of hydrogen-bond donors (Lipinski definition) is 1. The van der Waals surface area contributed by atoms with Gasteiger partial charge in [-0.2, -0.15) is 26.3 Å². The summed E-state index contributed by atoms with van der Waals surface area (Å²) in [6, 6.07) is 10.1. The largest absolute Gasteiger partial charge is 0.495 e. The summed E-state index contributed by atoms with van der Waals surface area (Å²) in [5.41, 5.74) is -0.302. The molecular formula is C16H11F6N2O3+. The molecule has 1 heterocycles. The van der Waals surface area contributed by atoms with Gasteiger partial charge >= 0.3 is 24.1 Å². The van der Waals surface area contributed by atoms with Crippen molar-refractivity contribution in [3.05, 3.63) is 59.8 Å². The second kappa shape index (κ2) is 7.64. The van der Waals surface area contributed by atoms with Gasteiger partial charge in [0.25, 0.3) is 5.78 Å². The summed E-state index contributed by atoms with van der Waals surface area (Å²) in [4.78, 5) is 26.4. The second-order valence-corrected chi connectivity index (χ2v) is 5.17. The van der Waals surface area contributed by atoms with E-state index in [1.54, 1.807) is 30.3 Å². The van der Waals surface area contributed by atoms with Gasteiger partial charge in [-0.3, -0.25) is 10.1 Å². The molecule has 0 saturated carbocycles. The molecule has 0 aliphatic heterocycles. The first kappa shape index (κ1) is 20.2. The molecular weight excluding hydrogens is 382 g/mol. The summed E-state index contributed by atoms with van der Waals surface area (Å²) < 4.78 is 74.9. The van der Waals surface area contributed by atoms with Crippen molar-refractivity contribution >= 4 is 17.6 Å². The summed E-state index contributed by atoms with van der Waals surface area (Å²) in [6.45, 7) is 0.0664. The molecule has 0 amide bonds. The Labute approximate surface area is 148 Å². The molecule has 0 aliphatic carbocycles. The highest BCUT2D eigenvalue weighted by Crippen LogP contribution is 2.21. The van der Waals surface area contributed by atoms with Gasteiger partial charge in [-0.25, -0.2) is 9.63 Å². The minimum atomic E-state index is -5.38. The van der Waals surface area contributed by atoms with Crippen LogP contribution < -0.4 is 14.9 Å². The summed E-state index contributed by atoms with van der Waals surface area (Å²) in [6.07, 6.45) is -10.3. The lowest BCUT2D eigenvalue weighted by Gasteiger charge is -2.10. The molecule has 0 atom stereocenters. The van der Waals surface area contributed by atoms with Crippen LogP contribution in [0.2, 0.25) is 0 Å². The van der Waals surface area contributed by atoms with Crippen molar-refractivity contribution in [2.24, 2.45) is 0 Å². The lowest BCUT2D eigenvalue weighted by Crippen LogP contribution is -2.52. The van der Waals surface area contributed by atoms with Crippen LogP contribution in [0.15, 0.2) is 48.7 Å². The van der Waals surface area contributed by atoms with E-state index in [-0.39, 0.29) is 17.1 Å². The van der Waals surface area contributed by atoms with Crippen LogP contribution in [0, 0.1) is 0 Å². The number of aromatic nitrogens is 1. The molecule has 1 aromatic heterocycles. The minimum absolute atomic E-state index is 0.0664. The Morgan fingerprint density at radius 3 is 2.11 bits per heavy atom. The highest BCUT2D eigenvalue weighted by Gasteiger charge is 2.44. The lowest BCUT2D eigenvalue weighted by molar-refractivity contribution is -0.859. The molecule has 27 heavy (non-hydrogen) atoms. The highest BCUT2D eigenvalue weighted by atomic mass is 19.4. The zero-order valence-electron chi connectivity index (χ0n) is 13.3. The van der Waals surface area contributed by atoms with Crippen LogP contribution in [0.1, 0.15) is 15.9 Å². The Bertz CT molecular complexity index is 834. The number of pyridine rings is 1. The number of alkyl halides is 6. The number of carbonyl (C=O) groups excluding carboxylic acids is 2. The molecule has 0 aliphatic rings. The Morgan fingerprint density at radius 2 is 1.56 bits per heavy atom. The standard InChI is InChI=1S/C16H10F6N2O3/c17-15(18,19)13(25)11-6-7-12(23-8-10-4-2-1-3-5-10)24(9-11)27-14(26)16(20,21)22/h1-7,9H,8H2/p+1. The topological polar surface area (TPSA) is 59.3 Å². The van der Waals surface area contributed by atoms with Crippen LogP contribution >= 0.6 is 0 Å². The maximum absolute atomic E-state index is 12.5. The molecule has 0 spiro atoms. The smallest absolute Gasteiger partial charge is 0.284 e. The second-order valence-electron chi connectivity index (χ2n) is 5.17. The van der Waals surface area contributed by atoms with Crippen LogP contribution in [0.25, 0.3) is 0 Å². The molecule has 0 radical (unpaired) electrons. The fraction of sp³-hybridized carbons (Fsp3) is 0.188. The number of nitrogens with one attached hydrogen (secondary N) is 1. The van der Waals surface area contributed by atoms with E-state index in [1.165, 1.54) is 0 Å². The molecule has 5 nitrogen and oxygen atoms in total. The van der Waals surface area contributed by atoms with E-state index in [2.05, 4.69) is 10.2 Å². The minimum Gasteiger partial charge on any atom is -0.284 e. The van der Waals surface area contributed by atoms with Crippen molar-refractivity contribution in [2.75, 3.05) is 5.32 Å². The number of rotatable bonds is 5. The van der Waals surface area contributed by atoms with Crippen molar-refractivity contribution in [1.82, 2.24) is 0 Å². The summed E-state index contributed by atoms with van der Waals surface area (Å²) in [7, 11) is 0. The Hall–Kier alpha value is -3.11. The molecule has 1 N–H and O–H groups in total. The van der Waals surface area contributed by atoms with Gasteiger partial charge in [0.1, 0.15) is 12.7 Å². The third kappa shape index (κ3) is 5.43. The number of carbonyl (C=O) groups is 2. The molecule has 2 rings (SSSR count). The van der Waals surface area contributed by atoms with Crippen molar-refractivity contribution in [2.45, 2.75) is 18.9 Å². The first-order valence-electron chi connectivity index (χ1n) is 7.23. The fourth-order valence-corrected chi connectivity index (χ4v) is 1.92. The van der Waals surface area contributed by atoms with E-state index < -0.39 is 29.7 Å². The first-order valence-corrected chi connectivity index (χ1v) is 7.23.